The van der Waals surface area contributed by atoms with E-state index in [4.69, 9.17) is 4.74 Å². The lowest BCUT2D eigenvalue weighted by Crippen LogP contribution is -2.24. The van der Waals surface area contributed by atoms with Crippen molar-refractivity contribution in [3.05, 3.63) is 73.8 Å². The minimum atomic E-state index is -0.530. The third kappa shape index (κ3) is 4.30. The summed E-state index contributed by atoms with van der Waals surface area (Å²) >= 11 is 2.18. The molecule has 0 saturated carbocycles. The van der Waals surface area contributed by atoms with Crippen LogP contribution in [0.4, 0.5) is 0 Å². The molecule has 0 unspecified atom stereocenters. The Morgan fingerprint density at radius 1 is 1.15 bits per heavy atom. The first-order valence-electron chi connectivity index (χ1n) is 8.20. The maximum absolute atomic E-state index is 12.7. The van der Waals surface area contributed by atoms with E-state index >= 15 is 0 Å². The first kappa shape index (κ1) is 18.6. The van der Waals surface area contributed by atoms with Crippen molar-refractivity contribution in [2.75, 3.05) is 0 Å². The van der Waals surface area contributed by atoms with Gasteiger partial charge in [0.05, 0.1) is 29.3 Å². The van der Waals surface area contributed by atoms with Crippen molar-refractivity contribution in [1.82, 2.24) is 9.55 Å². The van der Waals surface area contributed by atoms with E-state index in [1.54, 1.807) is 23.0 Å². The molecule has 1 aromatic heterocycles. The van der Waals surface area contributed by atoms with Gasteiger partial charge in [0.15, 0.2) is 0 Å². The van der Waals surface area contributed by atoms with Crippen LogP contribution in [-0.2, 0) is 11.3 Å². The molecular formula is C20H19IN2O3. The fourth-order valence-corrected chi connectivity index (χ4v) is 3.01. The van der Waals surface area contributed by atoms with Gasteiger partial charge in [-0.2, -0.15) is 0 Å². The molecule has 0 amide bonds. The van der Waals surface area contributed by atoms with Gasteiger partial charge in [0.1, 0.15) is 5.60 Å². The van der Waals surface area contributed by atoms with E-state index in [2.05, 4.69) is 27.6 Å². The molecule has 6 heteroatoms. The third-order valence-corrected chi connectivity index (χ3v) is 4.40. The van der Waals surface area contributed by atoms with Crippen molar-refractivity contribution < 1.29 is 9.53 Å². The van der Waals surface area contributed by atoms with E-state index in [1.807, 2.05) is 51.1 Å². The second kappa shape index (κ2) is 7.19. The van der Waals surface area contributed by atoms with Crippen LogP contribution in [0.1, 0.15) is 36.7 Å². The number of ether oxygens (including phenoxy) is 1. The van der Waals surface area contributed by atoms with Gasteiger partial charge in [0.2, 0.25) is 0 Å². The average molecular weight is 462 g/mol. The standard InChI is InChI=1S/C20H19IN2O3/c1-20(2,3)26-19(25)14-6-4-13(5-7-14)11-23-12-22-17-9-8-15(21)10-16(17)18(23)24/h4-10,12H,11H2,1-3H3. The highest BCUT2D eigenvalue weighted by Crippen LogP contribution is 2.14. The molecule has 3 rings (SSSR count). The van der Waals surface area contributed by atoms with Gasteiger partial charge in [0.25, 0.3) is 5.56 Å². The molecule has 0 aliphatic rings. The number of rotatable bonds is 3. The summed E-state index contributed by atoms with van der Waals surface area (Å²) in [5, 5.41) is 0.602. The smallest absolute Gasteiger partial charge is 0.338 e. The molecule has 0 atom stereocenters. The molecule has 1 heterocycles. The number of fused-ring (bicyclic) bond motifs is 1. The molecule has 0 aliphatic carbocycles. The van der Waals surface area contributed by atoms with Gasteiger partial charge < -0.3 is 4.74 Å². The normalized spacial score (nSPS) is 11.5. The molecule has 3 aromatic rings. The van der Waals surface area contributed by atoms with Gasteiger partial charge in [-0.1, -0.05) is 12.1 Å². The molecule has 0 aliphatic heterocycles. The summed E-state index contributed by atoms with van der Waals surface area (Å²) in [5.41, 5.74) is 1.47. The highest BCUT2D eigenvalue weighted by Gasteiger charge is 2.17. The van der Waals surface area contributed by atoms with Gasteiger partial charge in [-0.15, -0.1) is 0 Å². The summed E-state index contributed by atoms with van der Waals surface area (Å²) < 4.78 is 7.92. The quantitative estimate of drug-likeness (QED) is 0.436. The Bertz CT molecular complexity index is 1020. The second-order valence-corrected chi connectivity index (χ2v) is 8.28. The van der Waals surface area contributed by atoms with Crippen molar-refractivity contribution >= 4 is 39.5 Å². The molecular weight excluding hydrogens is 443 g/mol. The Labute approximate surface area is 165 Å². The van der Waals surface area contributed by atoms with Crippen molar-refractivity contribution in [2.45, 2.75) is 32.9 Å². The molecule has 5 nitrogen and oxygen atoms in total. The Morgan fingerprint density at radius 3 is 2.50 bits per heavy atom. The summed E-state index contributed by atoms with van der Waals surface area (Å²) in [6.45, 7) is 5.89. The van der Waals surface area contributed by atoms with E-state index in [0.717, 1.165) is 9.13 Å². The highest BCUT2D eigenvalue weighted by molar-refractivity contribution is 14.1. The van der Waals surface area contributed by atoms with Crippen molar-refractivity contribution in [3.63, 3.8) is 0 Å². The first-order valence-corrected chi connectivity index (χ1v) is 9.28. The number of esters is 1. The molecule has 0 saturated heterocycles. The number of halogens is 1. The van der Waals surface area contributed by atoms with Gasteiger partial charge in [-0.05, 0) is 79.3 Å². The molecule has 0 bridgehead atoms. The van der Waals surface area contributed by atoms with Crippen LogP contribution in [0.25, 0.3) is 10.9 Å². The van der Waals surface area contributed by atoms with Gasteiger partial charge in [0, 0.05) is 3.57 Å². The van der Waals surface area contributed by atoms with E-state index in [-0.39, 0.29) is 11.5 Å². The molecule has 26 heavy (non-hydrogen) atoms. The Balaban J connectivity index is 1.83. The zero-order valence-corrected chi connectivity index (χ0v) is 17.0. The minimum Gasteiger partial charge on any atom is -0.456 e. The molecule has 134 valence electrons. The lowest BCUT2D eigenvalue weighted by molar-refractivity contribution is 0.00695. The molecule has 0 spiro atoms. The van der Waals surface area contributed by atoms with Crippen molar-refractivity contribution in [2.24, 2.45) is 0 Å². The number of carbonyl (C=O) groups is 1. The zero-order valence-electron chi connectivity index (χ0n) is 14.8. The fourth-order valence-electron chi connectivity index (χ4n) is 2.52. The Kier molecular flexibility index (Phi) is 5.13. The molecule has 2 aromatic carbocycles. The van der Waals surface area contributed by atoms with E-state index in [1.165, 1.54) is 0 Å². The molecule has 0 fully saturated rings. The third-order valence-electron chi connectivity index (χ3n) is 3.73. The van der Waals surface area contributed by atoms with Crippen LogP contribution in [0, 0.1) is 3.57 Å². The number of benzene rings is 2. The number of carbonyl (C=O) groups excluding carboxylic acids is 1. The van der Waals surface area contributed by atoms with E-state index in [0.29, 0.717) is 23.0 Å². The Morgan fingerprint density at radius 2 is 1.85 bits per heavy atom. The number of hydrogen-bond acceptors (Lipinski definition) is 4. The predicted molar refractivity (Wildman–Crippen MR) is 109 cm³/mol. The maximum atomic E-state index is 12.7. The van der Waals surface area contributed by atoms with Crippen LogP contribution >= 0.6 is 22.6 Å². The number of hydrogen-bond donors (Lipinski definition) is 0. The number of aromatic nitrogens is 2. The van der Waals surface area contributed by atoms with E-state index in [9.17, 15) is 9.59 Å². The van der Waals surface area contributed by atoms with Gasteiger partial charge in [-0.3, -0.25) is 9.36 Å². The second-order valence-electron chi connectivity index (χ2n) is 7.04. The van der Waals surface area contributed by atoms with Crippen LogP contribution in [-0.4, -0.2) is 21.1 Å². The Hall–Kier alpha value is -2.22. The van der Waals surface area contributed by atoms with Gasteiger partial charge in [-0.25, -0.2) is 9.78 Å². The summed E-state index contributed by atoms with van der Waals surface area (Å²) in [5.74, 6) is -0.358. The van der Waals surface area contributed by atoms with Crippen LogP contribution < -0.4 is 5.56 Å². The van der Waals surface area contributed by atoms with Crippen LogP contribution in [0.5, 0.6) is 0 Å². The summed E-state index contributed by atoms with van der Waals surface area (Å²) in [6, 6.07) is 12.7. The predicted octanol–water partition coefficient (Wildman–Crippen LogP) is 4.00. The minimum absolute atomic E-state index is 0.0789. The molecule has 0 N–H and O–H groups in total. The van der Waals surface area contributed by atoms with Crippen LogP contribution in [0.3, 0.4) is 0 Å². The zero-order chi connectivity index (χ0) is 18.9. The summed E-state index contributed by atoms with van der Waals surface area (Å²) in [4.78, 5) is 29.1. The maximum Gasteiger partial charge on any atom is 0.338 e. The van der Waals surface area contributed by atoms with Crippen LogP contribution in [0.2, 0.25) is 0 Å². The summed E-state index contributed by atoms with van der Waals surface area (Å²) in [7, 11) is 0. The van der Waals surface area contributed by atoms with Crippen molar-refractivity contribution in [3.8, 4) is 0 Å². The van der Waals surface area contributed by atoms with E-state index < -0.39 is 5.60 Å². The van der Waals surface area contributed by atoms with Crippen LogP contribution in [0.15, 0.2) is 53.6 Å². The summed E-state index contributed by atoms with van der Waals surface area (Å²) in [6.07, 6.45) is 1.55. The lowest BCUT2D eigenvalue weighted by atomic mass is 10.1. The largest absolute Gasteiger partial charge is 0.456 e. The first-order chi connectivity index (χ1) is 12.2. The van der Waals surface area contributed by atoms with Crippen molar-refractivity contribution in [1.29, 1.82) is 0 Å². The lowest BCUT2D eigenvalue weighted by Gasteiger charge is -2.19. The fraction of sp³-hybridized carbons (Fsp3) is 0.250. The van der Waals surface area contributed by atoms with Gasteiger partial charge >= 0.3 is 5.97 Å². The topological polar surface area (TPSA) is 61.2 Å². The highest BCUT2D eigenvalue weighted by atomic mass is 127. The number of nitrogens with zero attached hydrogens (tertiary/aromatic N) is 2. The monoisotopic (exact) mass is 462 g/mol. The SMILES string of the molecule is CC(C)(C)OC(=O)c1ccc(Cn2cnc3ccc(I)cc3c2=O)cc1. The average Bonchev–Trinajstić information content (AvgIpc) is 2.57. The molecule has 0 radical (unpaired) electrons.